The van der Waals surface area contributed by atoms with E-state index in [9.17, 15) is 0 Å². The third-order valence-electron chi connectivity index (χ3n) is 2.56. The Balaban J connectivity index is 2.26. The predicted octanol–water partition coefficient (Wildman–Crippen LogP) is 1.09. The molecule has 0 spiro atoms. The molecule has 1 aliphatic heterocycles. The summed E-state index contributed by atoms with van der Waals surface area (Å²) in [7, 11) is 1.65. The lowest BCUT2D eigenvalue weighted by atomic mass is 9.92. The molecule has 0 aliphatic carbocycles. The lowest BCUT2D eigenvalue weighted by Gasteiger charge is -2.28. The number of pyridine rings is 1. The second-order valence-electron chi connectivity index (χ2n) is 3.44. The van der Waals surface area contributed by atoms with Crippen LogP contribution < -0.4 is 10.1 Å². The summed E-state index contributed by atoms with van der Waals surface area (Å²) < 4.78 is 5.05. The van der Waals surface area contributed by atoms with Crippen LogP contribution in [-0.2, 0) is 0 Å². The van der Waals surface area contributed by atoms with Crippen LogP contribution in [0.3, 0.4) is 0 Å². The molecule has 2 rings (SSSR count). The molecular weight excluding hydrogens is 164 g/mol. The van der Waals surface area contributed by atoms with Crippen molar-refractivity contribution in [3.8, 4) is 5.88 Å². The molecule has 1 aromatic rings. The highest BCUT2D eigenvalue weighted by Gasteiger charge is 2.20. The number of nitrogens with zero attached hydrogens (tertiary/aromatic N) is 1. The van der Waals surface area contributed by atoms with Gasteiger partial charge in [-0.25, -0.2) is 4.98 Å². The highest BCUT2D eigenvalue weighted by atomic mass is 16.5. The van der Waals surface area contributed by atoms with Gasteiger partial charge >= 0.3 is 0 Å². The number of methoxy groups -OCH3 is 1. The molecule has 1 aromatic heterocycles. The Morgan fingerprint density at radius 2 is 2.31 bits per heavy atom. The van der Waals surface area contributed by atoms with Crippen LogP contribution in [0.1, 0.15) is 17.0 Å². The van der Waals surface area contributed by atoms with Crippen molar-refractivity contribution in [2.75, 3.05) is 20.2 Å². The van der Waals surface area contributed by atoms with Gasteiger partial charge in [-0.3, -0.25) is 0 Å². The Labute approximate surface area is 78.1 Å². The van der Waals surface area contributed by atoms with E-state index >= 15 is 0 Å². The van der Waals surface area contributed by atoms with Gasteiger partial charge in [0.15, 0.2) is 0 Å². The molecule has 1 saturated heterocycles. The van der Waals surface area contributed by atoms with Crippen LogP contribution in [-0.4, -0.2) is 25.2 Å². The van der Waals surface area contributed by atoms with Crippen molar-refractivity contribution in [2.24, 2.45) is 0 Å². The van der Waals surface area contributed by atoms with Crippen molar-refractivity contribution in [2.45, 2.75) is 12.8 Å². The fraction of sp³-hybridized carbons (Fsp3) is 0.500. The van der Waals surface area contributed by atoms with Crippen molar-refractivity contribution in [1.29, 1.82) is 0 Å². The molecule has 0 amide bonds. The quantitative estimate of drug-likeness (QED) is 0.736. The normalized spacial score (nSPS) is 16.8. The molecule has 1 fully saturated rings. The lowest BCUT2D eigenvalue weighted by Crippen LogP contribution is -2.40. The monoisotopic (exact) mass is 178 g/mol. The molecule has 1 aliphatic rings. The van der Waals surface area contributed by atoms with Crippen molar-refractivity contribution >= 4 is 0 Å². The first-order valence-electron chi connectivity index (χ1n) is 4.52. The maximum atomic E-state index is 5.05. The number of hydrogen-bond donors (Lipinski definition) is 1. The van der Waals surface area contributed by atoms with Crippen LogP contribution in [0.2, 0.25) is 0 Å². The zero-order chi connectivity index (χ0) is 9.26. The van der Waals surface area contributed by atoms with Crippen molar-refractivity contribution in [1.82, 2.24) is 10.3 Å². The maximum absolute atomic E-state index is 5.05. The molecule has 2 heterocycles. The Morgan fingerprint density at radius 1 is 1.54 bits per heavy atom. The summed E-state index contributed by atoms with van der Waals surface area (Å²) in [5, 5.41) is 3.26. The first-order chi connectivity index (χ1) is 6.31. The van der Waals surface area contributed by atoms with E-state index in [-0.39, 0.29) is 0 Å². The third kappa shape index (κ3) is 1.52. The number of ether oxygens (including phenoxy) is 1. The number of rotatable bonds is 2. The minimum absolute atomic E-state index is 0.651. The van der Waals surface area contributed by atoms with E-state index in [1.54, 1.807) is 7.11 Å². The van der Waals surface area contributed by atoms with Crippen LogP contribution in [0.5, 0.6) is 5.88 Å². The van der Waals surface area contributed by atoms with E-state index in [0.717, 1.165) is 13.1 Å². The van der Waals surface area contributed by atoms with Gasteiger partial charge in [-0.1, -0.05) is 0 Å². The smallest absolute Gasteiger partial charge is 0.213 e. The van der Waals surface area contributed by atoms with Gasteiger partial charge < -0.3 is 10.1 Å². The van der Waals surface area contributed by atoms with Crippen LogP contribution in [0, 0.1) is 6.92 Å². The first-order valence-corrected chi connectivity index (χ1v) is 4.52. The van der Waals surface area contributed by atoms with Gasteiger partial charge in [0.2, 0.25) is 5.88 Å². The summed E-state index contributed by atoms with van der Waals surface area (Å²) in [5.74, 6) is 1.35. The first kappa shape index (κ1) is 8.51. The van der Waals surface area contributed by atoms with Crippen molar-refractivity contribution in [3.63, 3.8) is 0 Å². The van der Waals surface area contributed by atoms with Gasteiger partial charge in [-0.05, 0) is 18.1 Å². The fourth-order valence-corrected chi connectivity index (χ4v) is 1.59. The minimum atomic E-state index is 0.651. The molecule has 3 nitrogen and oxygen atoms in total. The zero-order valence-corrected chi connectivity index (χ0v) is 8.00. The van der Waals surface area contributed by atoms with Gasteiger partial charge in [-0.15, -0.1) is 0 Å². The highest BCUT2D eigenvalue weighted by molar-refractivity contribution is 5.32. The third-order valence-corrected chi connectivity index (χ3v) is 2.56. The number of hydrogen-bond acceptors (Lipinski definition) is 3. The van der Waals surface area contributed by atoms with Crippen molar-refractivity contribution in [3.05, 3.63) is 23.4 Å². The van der Waals surface area contributed by atoms with Gasteiger partial charge in [0.05, 0.1) is 7.11 Å². The largest absolute Gasteiger partial charge is 0.481 e. The predicted molar refractivity (Wildman–Crippen MR) is 51.1 cm³/mol. The van der Waals surface area contributed by atoms with Gasteiger partial charge in [0.25, 0.3) is 0 Å². The zero-order valence-electron chi connectivity index (χ0n) is 8.00. The molecule has 0 saturated carbocycles. The molecule has 70 valence electrons. The van der Waals surface area contributed by atoms with E-state index < -0.39 is 0 Å². The number of aryl methyl sites for hydroxylation is 1. The van der Waals surface area contributed by atoms with E-state index in [2.05, 4.69) is 17.2 Å². The van der Waals surface area contributed by atoms with E-state index in [0.29, 0.717) is 11.8 Å². The van der Waals surface area contributed by atoms with E-state index in [1.807, 2.05) is 12.3 Å². The van der Waals surface area contributed by atoms with Crippen molar-refractivity contribution < 1.29 is 4.74 Å². The second kappa shape index (κ2) is 3.34. The summed E-state index contributed by atoms with van der Waals surface area (Å²) in [6.45, 7) is 4.27. The Bertz CT molecular complexity index is 308. The molecule has 1 N–H and O–H groups in total. The Morgan fingerprint density at radius 3 is 2.77 bits per heavy atom. The Hall–Kier alpha value is -1.09. The highest BCUT2D eigenvalue weighted by Crippen LogP contribution is 2.24. The summed E-state index contributed by atoms with van der Waals surface area (Å²) in [6, 6.07) is 1.99. The molecule has 0 unspecified atom stereocenters. The molecule has 0 radical (unpaired) electrons. The van der Waals surface area contributed by atoms with E-state index in [1.165, 1.54) is 11.1 Å². The molecule has 0 bridgehead atoms. The number of aromatic nitrogens is 1. The Kier molecular flexibility index (Phi) is 2.19. The molecular formula is C10H14N2O. The molecule has 0 atom stereocenters. The average molecular weight is 178 g/mol. The number of nitrogens with one attached hydrogen (secondary N) is 1. The topological polar surface area (TPSA) is 34.1 Å². The van der Waals surface area contributed by atoms with Gasteiger partial charge in [0, 0.05) is 31.3 Å². The summed E-state index contributed by atoms with van der Waals surface area (Å²) in [5.41, 5.74) is 2.62. The van der Waals surface area contributed by atoms with Gasteiger partial charge in [0.1, 0.15) is 0 Å². The minimum Gasteiger partial charge on any atom is -0.481 e. The van der Waals surface area contributed by atoms with Crippen LogP contribution in [0.4, 0.5) is 0 Å². The van der Waals surface area contributed by atoms with Gasteiger partial charge in [-0.2, -0.15) is 0 Å². The summed E-state index contributed by atoms with van der Waals surface area (Å²) >= 11 is 0. The lowest BCUT2D eigenvalue weighted by molar-refractivity contribution is 0.394. The average Bonchev–Trinajstić information content (AvgIpc) is 2.05. The van der Waals surface area contributed by atoms with Crippen LogP contribution in [0.25, 0.3) is 0 Å². The SMILES string of the molecule is COc1cc(C)c(C2CNC2)cn1. The summed E-state index contributed by atoms with van der Waals surface area (Å²) in [4.78, 5) is 4.21. The summed E-state index contributed by atoms with van der Waals surface area (Å²) in [6.07, 6.45) is 1.93. The van der Waals surface area contributed by atoms with Crippen LogP contribution >= 0.6 is 0 Å². The molecule has 13 heavy (non-hydrogen) atoms. The fourth-order valence-electron chi connectivity index (χ4n) is 1.59. The van der Waals surface area contributed by atoms with E-state index in [4.69, 9.17) is 4.74 Å². The second-order valence-corrected chi connectivity index (χ2v) is 3.44. The van der Waals surface area contributed by atoms with Crippen LogP contribution in [0.15, 0.2) is 12.3 Å². The maximum Gasteiger partial charge on any atom is 0.213 e. The molecule has 0 aromatic carbocycles. The molecule has 3 heteroatoms. The standard InChI is InChI=1S/C10H14N2O/c1-7-3-10(13-2)12-6-9(7)8-4-11-5-8/h3,6,8,11H,4-5H2,1-2H3.